The van der Waals surface area contributed by atoms with E-state index in [0.29, 0.717) is 10.8 Å². The van der Waals surface area contributed by atoms with Gasteiger partial charge in [0.1, 0.15) is 0 Å². The highest BCUT2D eigenvalue weighted by Gasteiger charge is 2.27. The summed E-state index contributed by atoms with van der Waals surface area (Å²) >= 11 is 0.834. The Hall–Kier alpha value is -0.640. The van der Waals surface area contributed by atoms with Gasteiger partial charge in [-0.05, 0) is 23.6 Å². The van der Waals surface area contributed by atoms with E-state index in [1.165, 1.54) is 0 Å². The highest BCUT2D eigenvalue weighted by molar-refractivity contribution is 7.99. The van der Waals surface area contributed by atoms with E-state index in [2.05, 4.69) is 0 Å². The van der Waals surface area contributed by atoms with Crippen LogP contribution in [0, 0.1) is 0 Å². The molecule has 15 heavy (non-hydrogen) atoms. The van der Waals surface area contributed by atoms with Crippen LogP contribution >= 0.6 is 11.8 Å². The van der Waals surface area contributed by atoms with Crippen LogP contribution in [0.3, 0.4) is 0 Å². The molecule has 0 bridgehead atoms. The van der Waals surface area contributed by atoms with Crippen molar-refractivity contribution in [3.63, 3.8) is 0 Å². The molecule has 0 N–H and O–H groups in total. The molecular weight excluding hydrogens is 221 g/mol. The van der Waals surface area contributed by atoms with Crippen molar-refractivity contribution < 1.29 is 13.2 Å². The van der Waals surface area contributed by atoms with E-state index in [1.807, 2.05) is 26.0 Å². The summed E-state index contributed by atoms with van der Waals surface area (Å²) < 4.78 is 35.9. The number of alkyl halides is 3. The topological polar surface area (TPSA) is 0 Å². The largest absolute Gasteiger partial charge is 0.398 e. The highest BCUT2D eigenvalue weighted by Crippen LogP contribution is 2.28. The second-order valence-electron chi connectivity index (χ2n) is 3.63. The van der Waals surface area contributed by atoms with Crippen LogP contribution in [0.5, 0.6) is 0 Å². The maximum atomic E-state index is 12.0. The van der Waals surface area contributed by atoms with Crippen molar-refractivity contribution in [3.8, 4) is 0 Å². The zero-order valence-corrected chi connectivity index (χ0v) is 9.45. The molecule has 0 amide bonds. The lowest BCUT2D eigenvalue weighted by molar-refractivity contribution is -0.105. The first kappa shape index (κ1) is 12.4. The Kier molecular flexibility index (Phi) is 4.08. The molecule has 0 aromatic heterocycles. The van der Waals surface area contributed by atoms with Crippen molar-refractivity contribution >= 4 is 11.8 Å². The summed E-state index contributed by atoms with van der Waals surface area (Å²) in [5.74, 6) is -0.481. The molecule has 0 atom stereocenters. The van der Waals surface area contributed by atoms with Crippen molar-refractivity contribution in [2.75, 3.05) is 5.75 Å². The van der Waals surface area contributed by atoms with Crippen LogP contribution in [0.4, 0.5) is 13.2 Å². The van der Waals surface area contributed by atoms with Crippen LogP contribution in [0.15, 0.2) is 29.2 Å². The molecule has 0 aliphatic rings. The number of hydrogen-bond acceptors (Lipinski definition) is 1. The van der Waals surface area contributed by atoms with E-state index in [9.17, 15) is 13.2 Å². The molecule has 84 valence electrons. The quantitative estimate of drug-likeness (QED) is 0.695. The highest BCUT2D eigenvalue weighted by atomic mass is 32.2. The lowest BCUT2D eigenvalue weighted by atomic mass is 10.0. The fourth-order valence-corrected chi connectivity index (χ4v) is 1.85. The smallest absolute Gasteiger partial charge is 0.170 e. The number of thioether (sulfide) groups is 1. The van der Waals surface area contributed by atoms with Gasteiger partial charge in [-0.3, -0.25) is 0 Å². The maximum Gasteiger partial charge on any atom is 0.398 e. The van der Waals surface area contributed by atoms with Crippen LogP contribution in [-0.4, -0.2) is 11.9 Å². The fourth-order valence-electron chi connectivity index (χ4n) is 1.13. The van der Waals surface area contributed by atoms with Crippen LogP contribution in [0.2, 0.25) is 0 Å². The summed E-state index contributed by atoms with van der Waals surface area (Å²) in [4.78, 5) is 0.679. The van der Waals surface area contributed by atoms with Gasteiger partial charge in [-0.1, -0.05) is 26.0 Å². The van der Waals surface area contributed by atoms with Crippen LogP contribution < -0.4 is 0 Å². The predicted molar refractivity (Wildman–Crippen MR) is 57.3 cm³/mol. The molecule has 0 fully saturated rings. The third-order valence-electron chi connectivity index (χ3n) is 1.93. The molecule has 0 spiro atoms. The van der Waals surface area contributed by atoms with Gasteiger partial charge < -0.3 is 0 Å². The molecule has 0 nitrogen and oxygen atoms in total. The van der Waals surface area contributed by atoms with Crippen LogP contribution in [0.1, 0.15) is 25.3 Å². The Labute approximate surface area is 91.9 Å². The molecule has 4 heteroatoms. The Bertz CT molecular complexity index is 318. The zero-order valence-electron chi connectivity index (χ0n) is 8.64. The first-order chi connectivity index (χ1) is 6.88. The summed E-state index contributed by atoms with van der Waals surface area (Å²) in [6.07, 6.45) is -4.10. The van der Waals surface area contributed by atoms with Crippen molar-refractivity contribution in [1.82, 2.24) is 0 Å². The zero-order chi connectivity index (χ0) is 11.5. The summed E-state index contributed by atoms with van der Waals surface area (Å²) in [5.41, 5.74) is 1.07. The SMILES string of the molecule is CC(C)c1cccc(SCC(F)(F)F)c1. The van der Waals surface area contributed by atoms with E-state index < -0.39 is 11.9 Å². The van der Waals surface area contributed by atoms with Crippen molar-refractivity contribution in [3.05, 3.63) is 29.8 Å². The summed E-state index contributed by atoms with van der Waals surface area (Å²) in [6.45, 7) is 4.04. The summed E-state index contributed by atoms with van der Waals surface area (Å²) in [6, 6.07) is 7.26. The second kappa shape index (κ2) is 4.92. The van der Waals surface area contributed by atoms with Gasteiger partial charge in [0, 0.05) is 4.90 Å². The normalized spacial score (nSPS) is 12.1. The Balaban J connectivity index is 2.66. The molecule has 0 saturated carbocycles. The fraction of sp³-hybridized carbons (Fsp3) is 0.455. The van der Waals surface area contributed by atoms with Gasteiger partial charge in [0.05, 0.1) is 5.75 Å². The predicted octanol–water partition coefficient (Wildman–Crippen LogP) is 4.46. The van der Waals surface area contributed by atoms with E-state index in [0.717, 1.165) is 17.3 Å². The second-order valence-corrected chi connectivity index (χ2v) is 4.68. The van der Waals surface area contributed by atoms with Gasteiger partial charge in [0.25, 0.3) is 0 Å². The lowest BCUT2D eigenvalue weighted by Crippen LogP contribution is -2.10. The first-order valence-electron chi connectivity index (χ1n) is 4.68. The molecule has 0 saturated heterocycles. The Morgan fingerprint density at radius 1 is 1.27 bits per heavy atom. The van der Waals surface area contributed by atoms with Crippen LogP contribution in [-0.2, 0) is 0 Å². The van der Waals surface area contributed by atoms with Crippen molar-refractivity contribution in [2.45, 2.75) is 30.8 Å². The third-order valence-corrected chi connectivity index (χ3v) is 2.99. The lowest BCUT2D eigenvalue weighted by Gasteiger charge is -2.09. The van der Waals surface area contributed by atoms with Gasteiger partial charge in [-0.25, -0.2) is 0 Å². The number of rotatable bonds is 3. The van der Waals surface area contributed by atoms with Gasteiger partial charge in [-0.15, -0.1) is 11.8 Å². The van der Waals surface area contributed by atoms with Crippen molar-refractivity contribution in [1.29, 1.82) is 0 Å². The average Bonchev–Trinajstić information content (AvgIpc) is 2.14. The number of hydrogen-bond donors (Lipinski definition) is 0. The summed E-state index contributed by atoms with van der Waals surface area (Å²) in [5, 5.41) is 0. The minimum absolute atomic E-state index is 0.344. The van der Waals surface area contributed by atoms with E-state index in [1.54, 1.807) is 12.1 Å². The molecule has 0 radical (unpaired) electrons. The van der Waals surface area contributed by atoms with Crippen LogP contribution in [0.25, 0.3) is 0 Å². The molecule has 1 aromatic rings. The number of benzene rings is 1. The van der Waals surface area contributed by atoms with Gasteiger partial charge in [-0.2, -0.15) is 13.2 Å². The molecule has 0 unspecified atom stereocenters. The molecule has 0 aliphatic carbocycles. The van der Waals surface area contributed by atoms with E-state index >= 15 is 0 Å². The summed E-state index contributed by atoms with van der Waals surface area (Å²) in [7, 11) is 0. The molecular formula is C11H13F3S. The van der Waals surface area contributed by atoms with Crippen molar-refractivity contribution in [2.24, 2.45) is 0 Å². The first-order valence-corrected chi connectivity index (χ1v) is 5.66. The van der Waals surface area contributed by atoms with E-state index in [-0.39, 0.29) is 0 Å². The minimum atomic E-state index is -4.10. The average molecular weight is 234 g/mol. The van der Waals surface area contributed by atoms with Gasteiger partial charge in [0.15, 0.2) is 0 Å². The third kappa shape index (κ3) is 4.60. The minimum Gasteiger partial charge on any atom is -0.170 e. The molecule has 1 rings (SSSR count). The molecule has 0 heterocycles. The van der Waals surface area contributed by atoms with Gasteiger partial charge >= 0.3 is 6.18 Å². The Morgan fingerprint density at radius 3 is 2.47 bits per heavy atom. The monoisotopic (exact) mass is 234 g/mol. The number of halogens is 3. The van der Waals surface area contributed by atoms with Gasteiger partial charge in [0.2, 0.25) is 0 Å². The molecule has 0 aliphatic heterocycles. The maximum absolute atomic E-state index is 12.0. The van der Waals surface area contributed by atoms with E-state index in [4.69, 9.17) is 0 Å². The molecule has 1 aromatic carbocycles. The standard InChI is InChI=1S/C11H13F3S/c1-8(2)9-4-3-5-10(6-9)15-7-11(12,13)14/h3-6,8H,7H2,1-2H3. The Morgan fingerprint density at radius 2 is 1.93 bits per heavy atom.